The van der Waals surface area contributed by atoms with Gasteiger partial charge in [0.2, 0.25) is 0 Å². The van der Waals surface area contributed by atoms with Crippen molar-refractivity contribution in [2.24, 2.45) is 23.0 Å². The minimum Gasteiger partial charge on any atom is -0.327 e. The molecule has 21 heavy (non-hydrogen) atoms. The predicted molar refractivity (Wildman–Crippen MR) is 92.6 cm³/mol. The summed E-state index contributed by atoms with van der Waals surface area (Å²) in [4.78, 5) is 0. The average Bonchev–Trinajstić information content (AvgIpc) is 2.34. The van der Waals surface area contributed by atoms with Crippen molar-refractivity contribution in [3.8, 4) is 0 Å². The highest BCUT2D eigenvalue weighted by atomic mass is 14.7. The number of nitrogens with two attached hydrogens (primary N) is 1. The molecule has 1 aromatic rings. The molecule has 0 saturated heterocycles. The summed E-state index contributed by atoms with van der Waals surface area (Å²) in [6, 6.07) is 5.01. The Balaban J connectivity index is 2.18. The third kappa shape index (κ3) is 3.88. The van der Waals surface area contributed by atoms with E-state index in [0.29, 0.717) is 17.4 Å². The van der Waals surface area contributed by atoms with Crippen molar-refractivity contribution >= 4 is 0 Å². The van der Waals surface area contributed by atoms with Gasteiger partial charge < -0.3 is 5.73 Å². The Hall–Kier alpha value is -0.820. The molecule has 3 unspecified atom stereocenters. The Bertz CT molecular complexity index is 472. The summed E-state index contributed by atoms with van der Waals surface area (Å²) in [5.74, 6) is 1.46. The molecule has 0 heterocycles. The van der Waals surface area contributed by atoms with Crippen molar-refractivity contribution in [1.82, 2.24) is 0 Å². The maximum atomic E-state index is 6.46. The van der Waals surface area contributed by atoms with E-state index >= 15 is 0 Å². The van der Waals surface area contributed by atoms with Crippen LogP contribution in [0.5, 0.6) is 0 Å². The van der Waals surface area contributed by atoms with Crippen LogP contribution < -0.4 is 5.73 Å². The first-order valence-corrected chi connectivity index (χ1v) is 8.50. The van der Waals surface area contributed by atoms with Gasteiger partial charge in [0, 0.05) is 6.04 Å². The fraction of sp³-hybridized carbons (Fsp3) is 0.700. The minimum absolute atomic E-state index is 0.378. The second kappa shape index (κ2) is 6.12. The molecule has 0 spiro atoms. The van der Waals surface area contributed by atoms with Crippen molar-refractivity contribution in [2.45, 2.75) is 73.3 Å². The van der Waals surface area contributed by atoms with Gasteiger partial charge in [-0.2, -0.15) is 0 Å². The zero-order valence-electron chi connectivity index (χ0n) is 14.8. The highest BCUT2D eigenvalue weighted by molar-refractivity contribution is 5.37. The van der Waals surface area contributed by atoms with Gasteiger partial charge in [0.05, 0.1) is 0 Å². The van der Waals surface area contributed by atoms with Crippen LogP contribution in [0.4, 0.5) is 0 Å². The lowest BCUT2D eigenvalue weighted by Crippen LogP contribution is -2.40. The number of aryl methyl sites for hydroxylation is 3. The van der Waals surface area contributed by atoms with Crippen molar-refractivity contribution in [3.05, 3.63) is 34.4 Å². The van der Waals surface area contributed by atoms with Gasteiger partial charge >= 0.3 is 0 Å². The number of rotatable bonds is 2. The third-order valence-electron chi connectivity index (χ3n) is 5.57. The van der Waals surface area contributed by atoms with E-state index in [2.05, 4.69) is 53.7 Å². The van der Waals surface area contributed by atoms with Gasteiger partial charge in [-0.1, -0.05) is 38.5 Å². The van der Waals surface area contributed by atoms with Gasteiger partial charge in [-0.15, -0.1) is 0 Å². The van der Waals surface area contributed by atoms with Crippen LogP contribution in [0.25, 0.3) is 0 Å². The lowest BCUT2D eigenvalue weighted by atomic mass is 9.66. The van der Waals surface area contributed by atoms with Gasteiger partial charge in [0.15, 0.2) is 0 Å². The van der Waals surface area contributed by atoms with E-state index in [0.717, 1.165) is 12.3 Å². The van der Waals surface area contributed by atoms with Gasteiger partial charge in [0.25, 0.3) is 0 Å². The van der Waals surface area contributed by atoms with Gasteiger partial charge in [-0.3, -0.25) is 0 Å². The SMILES string of the molecule is Cc1cc(C)c(CC2CC(C(C)(C)C)CCC2N)c(C)c1. The van der Waals surface area contributed by atoms with Crippen LogP contribution in [0.2, 0.25) is 0 Å². The molecule has 1 fully saturated rings. The first kappa shape index (κ1) is 16.5. The first-order valence-electron chi connectivity index (χ1n) is 8.50. The summed E-state index contributed by atoms with van der Waals surface area (Å²) in [6.45, 7) is 13.8. The molecule has 0 radical (unpaired) electrons. The zero-order valence-corrected chi connectivity index (χ0v) is 14.8. The van der Waals surface area contributed by atoms with E-state index in [9.17, 15) is 0 Å². The number of hydrogen-bond donors (Lipinski definition) is 1. The first-order chi connectivity index (χ1) is 9.68. The van der Waals surface area contributed by atoms with Crippen molar-refractivity contribution in [3.63, 3.8) is 0 Å². The van der Waals surface area contributed by atoms with E-state index in [4.69, 9.17) is 5.73 Å². The summed E-state index contributed by atoms with van der Waals surface area (Å²) in [5, 5.41) is 0. The van der Waals surface area contributed by atoms with Crippen molar-refractivity contribution in [2.75, 3.05) is 0 Å². The molecule has 1 saturated carbocycles. The Labute approximate surface area is 131 Å². The lowest BCUT2D eigenvalue weighted by Gasteiger charge is -2.41. The molecule has 1 nitrogen and oxygen atoms in total. The van der Waals surface area contributed by atoms with Gasteiger partial charge in [0.1, 0.15) is 0 Å². The van der Waals surface area contributed by atoms with E-state index in [1.807, 2.05) is 0 Å². The summed E-state index contributed by atoms with van der Waals surface area (Å²) in [7, 11) is 0. The second-order valence-corrected chi connectivity index (χ2v) is 8.38. The van der Waals surface area contributed by atoms with Crippen LogP contribution in [0, 0.1) is 38.0 Å². The van der Waals surface area contributed by atoms with Crippen LogP contribution in [-0.2, 0) is 6.42 Å². The molecule has 1 heteroatoms. The third-order valence-corrected chi connectivity index (χ3v) is 5.57. The Morgan fingerprint density at radius 3 is 2.14 bits per heavy atom. The van der Waals surface area contributed by atoms with E-state index in [1.54, 1.807) is 0 Å². The second-order valence-electron chi connectivity index (χ2n) is 8.38. The topological polar surface area (TPSA) is 26.0 Å². The maximum absolute atomic E-state index is 6.46. The maximum Gasteiger partial charge on any atom is 0.00705 e. The van der Waals surface area contributed by atoms with E-state index in [-0.39, 0.29) is 0 Å². The van der Waals surface area contributed by atoms with E-state index < -0.39 is 0 Å². The smallest absolute Gasteiger partial charge is 0.00705 e. The molecule has 0 aromatic heterocycles. The summed E-state index contributed by atoms with van der Waals surface area (Å²) in [6.07, 6.45) is 4.94. The minimum atomic E-state index is 0.378. The zero-order chi connectivity index (χ0) is 15.8. The molecular formula is C20H33N. The number of hydrogen-bond acceptors (Lipinski definition) is 1. The predicted octanol–water partition coefficient (Wildman–Crippen LogP) is 4.94. The Morgan fingerprint density at radius 2 is 1.62 bits per heavy atom. The fourth-order valence-electron chi connectivity index (χ4n) is 4.10. The molecule has 0 aliphatic heterocycles. The van der Waals surface area contributed by atoms with E-state index in [1.165, 1.54) is 41.5 Å². The van der Waals surface area contributed by atoms with Gasteiger partial charge in [-0.25, -0.2) is 0 Å². The van der Waals surface area contributed by atoms with Crippen LogP contribution in [0.1, 0.15) is 62.3 Å². The molecule has 2 N–H and O–H groups in total. The van der Waals surface area contributed by atoms with Crippen molar-refractivity contribution in [1.29, 1.82) is 0 Å². The lowest BCUT2D eigenvalue weighted by molar-refractivity contribution is 0.126. The monoisotopic (exact) mass is 287 g/mol. The van der Waals surface area contributed by atoms with Crippen LogP contribution in [0.3, 0.4) is 0 Å². The average molecular weight is 287 g/mol. The summed E-state index contributed by atoms with van der Waals surface area (Å²) < 4.78 is 0. The van der Waals surface area contributed by atoms with Crippen molar-refractivity contribution < 1.29 is 0 Å². The van der Waals surface area contributed by atoms with Gasteiger partial charge in [-0.05, 0) is 80.4 Å². The molecule has 2 rings (SSSR count). The van der Waals surface area contributed by atoms with Crippen LogP contribution in [0.15, 0.2) is 12.1 Å². The highest BCUT2D eigenvalue weighted by Gasteiger charge is 2.34. The van der Waals surface area contributed by atoms with Crippen LogP contribution >= 0.6 is 0 Å². The molecule has 3 atom stereocenters. The largest absolute Gasteiger partial charge is 0.327 e. The molecule has 0 amide bonds. The fourth-order valence-corrected chi connectivity index (χ4v) is 4.10. The molecule has 1 aliphatic carbocycles. The molecule has 1 aliphatic rings. The molecule has 118 valence electrons. The highest BCUT2D eigenvalue weighted by Crippen LogP contribution is 2.41. The molecule has 1 aromatic carbocycles. The standard InChI is InChI=1S/C20H33N/c1-13-9-14(2)18(15(3)10-13)12-16-11-17(20(4,5)6)7-8-19(16)21/h9-10,16-17,19H,7-8,11-12,21H2,1-6H3. The molecular weight excluding hydrogens is 254 g/mol. The Morgan fingerprint density at radius 1 is 1.05 bits per heavy atom. The number of benzene rings is 1. The molecule has 0 bridgehead atoms. The Kier molecular flexibility index (Phi) is 4.82. The quantitative estimate of drug-likeness (QED) is 0.819. The van der Waals surface area contributed by atoms with Crippen LogP contribution in [-0.4, -0.2) is 6.04 Å². The summed E-state index contributed by atoms with van der Waals surface area (Å²) >= 11 is 0. The summed E-state index contributed by atoms with van der Waals surface area (Å²) in [5.41, 5.74) is 12.7. The normalized spacial score (nSPS) is 26.9.